The minimum absolute atomic E-state index is 0.140. The van der Waals surface area contributed by atoms with Crippen LogP contribution in [0.4, 0.5) is 10.3 Å². The maximum Gasteiger partial charge on any atom is 0.232 e. The molecule has 2 atom stereocenters. The molecule has 0 aliphatic carbocycles. The number of halogens is 1. The number of nitrogens with zero attached hydrogens (tertiary/aromatic N) is 4. The van der Waals surface area contributed by atoms with E-state index in [-0.39, 0.29) is 11.9 Å². The van der Waals surface area contributed by atoms with Gasteiger partial charge in [0.1, 0.15) is 11.5 Å². The molecule has 2 aromatic rings. The van der Waals surface area contributed by atoms with Crippen molar-refractivity contribution in [2.75, 3.05) is 83.7 Å². The number of β-amino-alcohol motifs (C(OH)–C–C–N with tert-alkyl or cyclic N) is 1. The SMILES string of the molecule is O[C@H](CN1CCOCC1)CN(Cc1c(-c2ccc(F)cc2)noc1N1CCOCC1)C[C@@H]1CCCO1. The molecule has 4 heterocycles. The fourth-order valence-corrected chi connectivity index (χ4v) is 5.23. The van der Waals surface area contributed by atoms with Gasteiger partial charge in [0, 0.05) is 64.5 Å². The van der Waals surface area contributed by atoms with Crippen LogP contribution >= 0.6 is 0 Å². The standard InChI is InChI=1S/C26H37FN4O5/c27-21-5-3-20(4-6-21)25-24(26(36-28-25)31-9-14-34-15-10-31)19-30(18-23-2-1-11-35-23)17-22(32)16-29-7-12-33-13-8-29/h3-6,22-23,32H,1-2,7-19H2/t22-,23+/m1/s1. The van der Waals surface area contributed by atoms with Gasteiger partial charge in [-0.1, -0.05) is 5.16 Å². The molecule has 0 bridgehead atoms. The predicted octanol–water partition coefficient (Wildman–Crippen LogP) is 1.99. The van der Waals surface area contributed by atoms with Crippen molar-refractivity contribution < 1.29 is 28.2 Å². The van der Waals surface area contributed by atoms with Crippen LogP contribution in [0.15, 0.2) is 28.8 Å². The van der Waals surface area contributed by atoms with Crippen molar-refractivity contribution in [1.82, 2.24) is 15.0 Å². The molecule has 1 aromatic carbocycles. The fourth-order valence-electron chi connectivity index (χ4n) is 5.23. The summed E-state index contributed by atoms with van der Waals surface area (Å²) in [5.41, 5.74) is 2.46. The summed E-state index contributed by atoms with van der Waals surface area (Å²) in [5, 5.41) is 15.5. The van der Waals surface area contributed by atoms with E-state index >= 15 is 0 Å². The van der Waals surface area contributed by atoms with Crippen LogP contribution in [0.3, 0.4) is 0 Å². The first-order valence-electron chi connectivity index (χ1n) is 13.0. The van der Waals surface area contributed by atoms with E-state index in [0.717, 1.165) is 69.2 Å². The Hall–Kier alpha value is -2.08. The first kappa shape index (κ1) is 25.6. The second-order valence-corrected chi connectivity index (χ2v) is 9.82. The lowest BCUT2D eigenvalue weighted by molar-refractivity contribution is -0.000100. The first-order chi connectivity index (χ1) is 17.7. The highest BCUT2D eigenvalue weighted by atomic mass is 19.1. The van der Waals surface area contributed by atoms with Crippen LogP contribution in [0.25, 0.3) is 11.3 Å². The summed E-state index contributed by atoms with van der Waals surface area (Å²) in [6, 6.07) is 6.35. The van der Waals surface area contributed by atoms with Gasteiger partial charge in [-0.3, -0.25) is 9.80 Å². The number of hydrogen-bond donors (Lipinski definition) is 1. The molecule has 1 aromatic heterocycles. The molecule has 0 spiro atoms. The number of aromatic nitrogens is 1. The third kappa shape index (κ3) is 6.62. The number of rotatable bonds is 10. The monoisotopic (exact) mass is 504 g/mol. The number of morpholine rings is 2. The van der Waals surface area contributed by atoms with E-state index in [9.17, 15) is 9.50 Å². The largest absolute Gasteiger partial charge is 0.390 e. The molecule has 0 radical (unpaired) electrons. The summed E-state index contributed by atoms with van der Waals surface area (Å²) >= 11 is 0. The van der Waals surface area contributed by atoms with Gasteiger partial charge < -0.3 is 28.7 Å². The summed E-state index contributed by atoms with van der Waals surface area (Å²) in [4.78, 5) is 6.67. The Morgan fingerprint density at radius 1 is 1.03 bits per heavy atom. The number of aliphatic hydroxyl groups is 1. The van der Waals surface area contributed by atoms with E-state index in [0.29, 0.717) is 51.8 Å². The maximum absolute atomic E-state index is 13.6. The molecule has 3 aliphatic heterocycles. The Balaban J connectivity index is 1.38. The van der Waals surface area contributed by atoms with Gasteiger partial charge in [0.05, 0.1) is 44.2 Å². The van der Waals surface area contributed by atoms with Crippen LogP contribution in [-0.2, 0) is 20.8 Å². The van der Waals surface area contributed by atoms with Crippen LogP contribution in [-0.4, -0.2) is 111 Å². The zero-order chi connectivity index (χ0) is 24.7. The van der Waals surface area contributed by atoms with E-state index in [1.54, 1.807) is 12.1 Å². The Labute approximate surface area is 211 Å². The number of ether oxygens (including phenoxy) is 3. The van der Waals surface area contributed by atoms with E-state index in [1.165, 1.54) is 12.1 Å². The molecule has 9 nitrogen and oxygen atoms in total. The van der Waals surface area contributed by atoms with Gasteiger partial charge in [-0.05, 0) is 37.1 Å². The summed E-state index contributed by atoms with van der Waals surface area (Å²) < 4.78 is 36.5. The second-order valence-electron chi connectivity index (χ2n) is 9.82. The lowest BCUT2D eigenvalue weighted by atomic mass is 10.1. The van der Waals surface area contributed by atoms with Crippen LogP contribution in [0.1, 0.15) is 18.4 Å². The Morgan fingerprint density at radius 3 is 2.44 bits per heavy atom. The van der Waals surface area contributed by atoms with Gasteiger partial charge >= 0.3 is 0 Å². The highest BCUT2D eigenvalue weighted by molar-refractivity contribution is 5.68. The minimum Gasteiger partial charge on any atom is -0.390 e. The van der Waals surface area contributed by atoms with Crippen molar-refractivity contribution in [3.05, 3.63) is 35.6 Å². The van der Waals surface area contributed by atoms with Crippen LogP contribution in [0, 0.1) is 5.82 Å². The summed E-state index contributed by atoms with van der Waals surface area (Å²) in [7, 11) is 0. The molecule has 0 amide bonds. The zero-order valence-electron chi connectivity index (χ0n) is 20.8. The maximum atomic E-state index is 13.6. The molecule has 3 saturated heterocycles. The number of anilines is 1. The average molecular weight is 505 g/mol. The van der Waals surface area contributed by atoms with Crippen molar-refractivity contribution >= 4 is 5.88 Å². The second kappa shape index (κ2) is 12.4. The number of aliphatic hydroxyl groups excluding tert-OH is 1. The molecule has 198 valence electrons. The van der Waals surface area contributed by atoms with Crippen molar-refractivity contribution in [1.29, 1.82) is 0 Å². The van der Waals surface area contributed by atoms with Crippen molar-refractivity contribution in [3.8, 4) is 11.3 Å². The lowest BCUT2D eigenvalue weighted by Crippen LogP contribution is -2.45. The number of hydrogen-bond acceptors (Lipinski definition) is 9. The third-order valence-electron chi connectivity index (χ3n) is 7.09. The molecule has 10 heteroatoms. The molecular weight excluding hydrogens is 467 g/mol. The summed E-state index contributed by atoms with van der Waals surface area (Å²) in [5.74, 6) is 0.432. The highest BCUT2D eigenvalue weighted by Gasteiger charge is 2.29. The smallest absolute Gasteiger partial charge is 0.232 e. The summed E-state index contributed by atoms with van der Waals surface area (Å²) in [6.07, 6.45) is 1.70. The van der Waals surface area contributed by atoms with Crippen molar-refractivity contribution in [2.24, 2.45) is 0 Å². The first-order valence-corrected chi connectivity index (χ1v) is 13.0. The molecule has 1 N–H and O–H groups in total. The van der Waals surface area contributed by atoms with Gasteiger partial charge in [-0.2, -0.15) is 0 Å². The molecule has 5 rings (SSSR count). The molecule has 3 fully saturated rings. The van der Waals surface area contributed by atoms with Gasteiger partial charge in [-0.25, -0.2) is 4.39 Å². The molecule has 36 heavy (non-hydrogen) atoms. The number of benzene rings is 1. The molecular formula is C26H37FN4O5. The van der Waals surface area contributed by atoms with Crippen molar-refractivity contribution in [3.63, 3.8) is 0 Å². The molecule has 0 saturated carbocycles. The Morgan fingerprint density at radius 2 is 1.75 bits per heavy atom. The topological polar surface area (TPSA) is 83.7 Å². The molecule has 3 aliphatic rings. The van der Waals surface area contributed by atoms with Crippen LogP contribution in [0.2, 0.25) is 0 Å². The minimum atomic E-state index is -0.509. The Kier molecular flexibility index (Phi) is 8.84. The summed E-state index contributed by atoms with van der Waals surface area (Å²) in [6.45, 7) is 8.94. The van der Waals surface area contributed by atoms with E-state index in [1.807, 2.05) is 0 Å². The van der Waals surface area contributed by atoms with Gasteiger partial charge in [0.15, 0.2) is 0 Å². The molecule has 0 unspecified atom stereocenters. The Bertz CT molecular complexity index is 940. The van der Waals surface area contributed by atoms with E-state index in [2.05, 4.69) is 19.9 Å². The van der Waals surface area contributed by atoms with Crippen LogP contribution in [0.5, 0.6) is 0 Å². The zero-order valence-corrected chi connectivity index (χ0v) is 20.8. The lowest BCUT2D eigenvalue weighted by Gasteiger charge is -2.32. The van der Waals surface area contributed by atoms with E-state index in [4.69, 9.17) is 18.7 Å². The predicted molar refractivity (Wildman–Crippen MR) is 132 cm³/mol. The quantitative estimate of drug-likeness (QED) is 0.522. The van der Waals surface area contributed by atoms with Gasteiger partial charge in [0.2, 0.25) is 5.88 Å². The average Bonchev–Trinajstić information content (AvgIpc) is 3.56. The van der Waals surface area contributed by atoms with Crippen LogP contribution < -0.4 is 4.90 Å². The normalized spacial score (nSPS) is 22.4. The van der Waals surface area contributed by atoms with Crippen molar-refractivity contribution in [2.45, 2.75) is 31.6 Å². The fraction of sp³-hybridized carbons (Fsp3) is 0.654. The third-order valence-corrected chi connectivity index (χ3v) is 7.09. The van der Waals surface area contributed by atoms with E-state index < -0.39 is 6.10 Å². The van der Waals surface area contributed by atoms with Gasteiger partial charge in [0.25, 0.3) is 0 Å². The highest BCUT2D eigenvalue weighted by Crippen LogP contribution is 2.33. The van der Waals surface area contributed by atoms with Gasteiger partial charge in [-0.15, -0.1) is 0 Å².